The number of phenols is 1. The predicted molar refractivity (Wildman–Crippen MR) is 60.0 cm³/mol. The number of fused-ring (bicyclic) bond motifs is 3. The lowest BCUT2D eigenvalue weighted by molar-refractivity contribution is 0.481. The summed E-state index contributed by atoms with van der Waals surface area (Å²) in [6.07, 6.45) is 1.71. The number of hydrogen-bond acceptors (Lipinski definition) is 2. The first-order chi connectivity index (χ1) is 7.25. The van der Waals surface area contributed by atoms with Gasteiger partial charge in [0, 0.05) is 34.2 Å². The molecule has 0 aliphatic rings. The number of benzene rings is 1. The van der Waals surface area contributed by atoms with Crippen LogP contribution in [0.2, 0.25) is 0 Å². The average Bonchev–Trinajstić information content (AvgIpc) is 2.66. The molecular formula is C12H10N2O. The molecule has 2 aromatic heterocycles. The molecule has 0 bridgehead atoms. The highest BCUT2D eigenvalue weighted by Crippen LogP contribution is 2.30. The van der Waals surface area contributed by atoms with Crippen LogP contribution >= 0.6 is 0 Å². The summed E-state index contributed by atoms with van der Waals surface area (Å²) in [6, 6.07) is 7.70. The first-order valence-corrected chi connectivity index (χ1v) is 4.82. The first-order valence-electron chi connectivity index (χ1n) is 4.82. The van der Waals surface area contributed by atoms with Crippen LogP contribution in [0, 0.1) is 6.92 Å². The normalized spacial score (nSPS) is 11.3. The minimum Gasteiger partial charge on any atom is -0.506 e. The number of aromatic amines is 1. The Morgan fingerprint density at radius 1 is 1.20 bits per heavy atom. The Balaban J connectivity index is 2.60. The Labute approximate surface area is 86.4 Å². The van der Waals surface area contributed by atoms with Gasteiger partial charge in [-0.3, -0.25) is 4.98 Å². The van der Waals surface area contributed by atoms with Gasteiger partial charge < -0.3 is 10.1 Å². The summed E-state index contributed by atoms with van der Waals surface area (Å²) in [7, 11) is 0. The van der Waals surface area contributed by atoms with Crippen LogP contribution < -0.4 is 0 Å². The molecular weight excluding hydrogens is 188 g/mol. The maximum atomic E-state index is 9.77. The lowest BCUT2D eigenvalue weighted by Gasteiger charge is -2.03. The molecule has 1 aromatic carbocycles. The molecule has 2 N–H and O–H groups in total. The second-order valence-corrected chi connectivity index (χ2v) is 3.71. The summed E-state index contributed by atoms with van der Waals surface area (Å²) in [5.74, 6) is 0.226. The van der Waals surface area contributed by atoms with E-state index in [1.54, 1.807) is 12.3 Å². The van der Waals surface area contributed by atoms with Gasteiger partial charge in [0.05, 0.1) is 0 Å². The largest absolute Gasteiger partial charge is 0.506 e. The molecule has 74 valence electrons. The summed E-state index contributed by atoms with van der Waals surface area (Å²) in [5, 5.41) is 11.8. The van der Waals surface area contributed by atoms with Crippen LogP contribution in [0.15, 0.2) is 30.5 Å². The van der Waals surface area contributed by atoms with Crippen molar-refractivity contribution >= 4 is 21.8 Å². The zero-order chi connectivity index (χ0) is 10.4. The maximum absolute atomic E-state index is 9.77. The number of pyridine rings is 1. The molecule has 0 atom stereocenters. The van der Waals surface area contributed by atoms with Crippen molar-refractivity contribution in [3.05, 3.63) is 36.2 Å². The molecule has 2 heterocycles. The molecule has 0 unspecified atom stereocenters. The van der Waals surface area contributed by atoms with Crippen molar-refractivity contribution in [2.24, 2.45) is 0 Å². The smallest absolute Gasteiger partial charge is 0.143 e. The van der Waals surface area contributed by atoms with E-state index in [4.69, 9.17) is 0 Å². The van der Waals surface area contributed by atoms with Crippen LogP contribution in [0.25, 0.3) is 21.8 Å². The van der Waals surface area contributed by atoms with Crippen molar-refractivity contribution in [1.82, 2.24) is 9.97 Å². The zero-order valence-corrected chi connectivity index (χ0v) is 8.28. The number of aromatic nitrogens is 2. The minimum atomic E-state index is 0.226. The Hall–Kier alpha value is -2.03. The third kappa shape index (κ3) is 1.09. The van der Waals surface area contributed by atoms with Gasteiger partial charge in [0.2, 0.25) is 0 Å². The van der Waals surface area contributed by atoms with E-state index in [0.29, 0.717) is 5.52 Å². The van der Waals surface area contributed by atoms with E-state index in [-0.39, 0.29) is 5.75 Å². The van der Waals surface area contributed by atoms with Gasteiger partial charge in [-0.05, 0) is 19.1 Å². The fraction of sp³-hybridized carbons (Fsp3) is 0.0833. The zero-order valence-electron chi connectivity index (χ0n) is 8.28. The van der Waals surface area contributed by atoms with Gasteiger partial charge in [0.25, 0.3) is 0 Å². The highest BCUT2D eigenvalue weighted by Gasteiger charge is 2.07. The van der Waals surface area contributed by atoms with E-state index >= 15 is 0 Å². The van der Waals surface area contributed by atoms with Gasteiger partial charge in [-0.2, -0.15) is 0 Å². The maximum Gasteiger partial charge on any atom is 0.143 e. The number of H-pyrrole nitrogens is 1. The van der Waals surface area contributed by atoms with Crippen molar-refractivity contribution in [2.45, 2.75) is 6.92 Å². The van der Waals surface area contributed by atoms with Crippen LogP contribution in [0.4, 0.5) is 0 Å². The third-order valence-corrected chi connectivity index (χ3v) is 2.64. The molecule has 3 rings (SSSR count). The molecule has 0 spiro atoms. The van der Waals surface area contributed by atoms with Crippen molar-refractivity contribution in [3.8, 4) is 5.75 Å². The van der Waals surface area contributed by atoms with E-state index in [0.717, 1.165) is 22.0 Å². The van der Waals surface area contributed by atoms with E-state index < -0.39 is 0 Å². The van der Waals surface area contributed by atoms with Crippen molar-refractivity contribution in [2.75, 3.05) is 0 Å². The SMILES string of the molecule is Cc1ccc2c(cc(O)c3nccc32)[nH]1. The van der Waals surface area contributed by atoms with Crippen LogP contribution in [-0.4, -0.2) is 15.1 Å². The second kappa shape index (κ2) is 2.73. The van der Waals surface area contributed by atoms with Crippen molar-refractivity contribution < 1.29 is 5.11 Å². The van der Waals surface area contributed by atoms with Gasteiger partial charge in [0.15, 0.2) is 0 Å². The topological polar surface area (TPSA) is 48.9 Å². The van der Waals surface area contributed by atoms with Crippen LogP contribution in [-0.2, 0) is 0 Å². The summed E-state index contributed by atoms with van der Waals surface area (Å²) in [4.78, 5) is 7.35. The van der Waals surface area contributed by atoms with Crippen LogP contribution in [0.5, 0.6) is 5.75 Å². The molecule has 0 saturated heterocycles. The molecule has 0 aliphatic carbocycles. The summed E-state index contributed by atoms with van der Waals surface area (Å²) in [6.45, 7) is 1.99. The molecule has 0 amide bonds. The molecule has 3 heteroatoms. The lowest BCUT2D eigenvalue weighted by Crippen LogP contribution is -1.83. The average molecular weight is 198 g/mol. The summed E-state index contributed by atoms with van der Waals surface area (Å²) < 4.78 is 0. The number of aromatic hydroxyl groups is 1. The quantitative estimate of drug-likeness (QED) is 0.583. The molecule has 15 heavy (non-hydrogen) atoms. The van der Waals surface area contributed by atoms with Gasteiger partial charge in [-0.1, -0.05) is 6.07 Å². The number of nitrogens with zero attached hydrogens (tertiary/aromatic N) is 1. The van der Waals surface area contributed by atoms with E-state index in [9.17, 15) is 5.11 Å². The Bertz CT molecular complexity index is 655. The molecule has 0 fully saturated rings. The second-order valence-electron chi connectivity index (χ2n) is 3.71. The Morgan fingerprint density at radius 2 is 2.07 bits per heavy atom. The minimum absolute atomic E-state index is 0.226. The molecule has 0 aliphatic heterocycles. The number of aryl methyl sites for hydroxylation is 1. The molecule has 3 aromatic rings. The van der Waals surface area contributed by atoms with E-state index in [2.05, 4.69) is 9.97 Å². The van der Waals surface area contributed by atoms with Crippen molar-refractivity contribution in [3.63, 3.8) is 0 Å². The lowest BCUT2D eigenvalue weighted by atomic mass is 10.1. The third-order valence-electron chi connectivity index (χ3n) is 2.64. The first kappa shape index (κ1) is 8.29. The van der Waals surface area contributed by atoms with Crippen LogP contribution in [0.3, 0.4) is 0 Å². The molecule has 0 radical (unpaired) electrons. The fourth-order valence-electron chi connectivity index (χ4n) is 1.93. The van der Waals surface area contributed by atoms with Gasteiger partial charge in [0.1, 0.15) is 11.3 Å². The number of hydrogen-bond donors (Lipinski definition) is 2. The highest BCUT2D eigenvalue weighted by molar-refractivity contribution is 6.07. The number of nitrogens with one attached hydrogen (secondary N) is 1. The summed E-state index contributed by atoms with van der Waals surface area (Å²) in [5.41, 5.74) is 2.67. The number of rotatable bonds is 0. The molecule has 0 saturated carbocycles. The Morgan fingerprint density at radius 3 is 2.93 bits per heavy atom. The Kier molecular flexibility index (Phi) is 1.51. The molecule has 3 nitrogen and oxygen atoms in total. The predicted octanol–water partition coefficient (Wildman–Crippen LogP) is 2.73. The fourth-order valence-corrected chi connectivity index (χ4v) is 1.93. The van der Waals surface area contributed by atoms with Gasteiger partial charge in [-0.25, -0.2) is 0 Å². The number of phenolic OH excluding ortho intramolecular Hbond substituents is 1. The van der Waals surface area contributed by atoms with E-state index in [1.807, 2.05) is 25.1 Å². The van der Waals surface area contributed by atoms with Gasteiger partial charge in [-0.15, -0.1) is 0 Å². The van der Waals surface area contributed by atoms with Gasteiger partial charge >= 0.3 is 0 Å². The summed E-state index contributed by atoms with van der Waals surface area (Å²) >= 11 is 0. The van der Waals surface area contributed by atoms with Crippen molar-refractivity contribution in [1.29, 1.82) is 0 Å². The van der Waals surface area contributed by atoms with E-state index in [1.165, 1.54) is 0 Å². The monoisotopic (exact) mass is 198 g/mol. The highest BCUT2D eigenvalue weighted by atomic mass is 16.3. The standard InChI is InChI=1S/C12H10N2O/c1-7-2-3-8-9-4-5-13-12(9)11(15)6-10(8)14-7/h2-6,14-15H,1H3. The van der Waals surface area contributed by atoms with Crippen LogP contribution in [0.1, 0.15) is 5.69 Å².